The standard InChI is InChI=1S/C23H43N3O3/c1-4-5-6-7-8-9-10-11-13-16-24-18-21(27)15-12-14-17-26-22(28)20(2)19-25(3)23(26)29/h19,21,24,27H,4-18H2,1-3H3. The van der Waals surface area contributed by atoms with Crippen LogP contribution in [0.15, 0.2) is 15.8 Å². The van der Waals surface area contributed by atoms with Crippen LogP contribution >= 0.6 is 0 Å². The summed E-state index contributed by atoms with van der Waals surface area (Å²) in [5.41, 5.74) is 0.0906. The summed E-state index contributed by atoms with van der Waals surface area (Å²) >= 11 is 0. The van der Waals surface area contributed by atoms with Gasteiger partial charge in [0.1, 0.15) is 0 Å². The fourth-order valence-electron chi connectivity index (χ4n) is 3.67. The van der Waals surface area contributed by atoms with Crippen LogP contribution in [-0.4, -0.2) is 33.4 Å². The van der Waals surface area contributed by atoms with Crippen LogP contribution in [0.5, 0.6) is 0 Å². The Morgan fingerprint density at radius 3 is 2.24 bits per heavy atom. The van der Waals surface area contributed by atoms with Gasteiger partial charge in [-0.15, -0.1) is 0 Å². The van der Waals surface area contributed by atoms with Crippen LogP contribution < -0.4 is 16.6 Å². The third kappa shape index (κ3) is 10.8. The number of aliphatic hydroxyl groups is 1. The number of unbranched alkanes of at least 4 members (excludes halogenated alkanes) is 9. The zero-order valence-corrected chi connectivity index (χ0v) is 18.9. The summed E-state index contributed by atoms with van der Waals surface area (Å²) in [6.07, 6.45) is 15.3. The lowest BCUT2D eigenvalue weighted by Gasteiger charge is -2.12. The van der Waals surface area contributed by atoms with Gasteiger partial charge < -0.3 is 15.0 Å². The van der Waals surface area contributed by atoms with Crippen LogP contribution in [-0.2, 0) is 13.6 Å². The first-order chi connectivity index (χ1) is 14.0. The van der Waals surface area contributed by atoms with Crippen molar-refractivity contribution in [3.8, 4) is 0 Å². The number of rotatable bonds is 17. The number of aryl methyl sites for hydroxylation is 2. The molecule has 0 aliphatic heterocycles. The molecular formula is C23H43N3O3. The summed E-state index contributed by atoms with van der Waals surface area (Å²) in [5, 5.41) is 13.4. The van der Waals surface area contributed by atoms with Crippen molar-refractivity contribution in [1.29, 1.82) is 0 Å². The van der Waals surface area contributed by atoms with Crippen molar-refractivity contribution in [2.45, 2.75) is 104 Å². The number of hydrogen-bond acceptors (Lipinski definition) is 4. The fourth-order valence-corrected chi connectivity index (χ4v) is 3.67. The van der Waals surface area contributed by atoms with Gasteiger partial charge in [-0.25, -0.2) is 4.79 Å². The summed E-state index contributed by atoms with van der Waals surface area (Å²) in [4.78, 5) is 24.2. The lowest BCUT2D eigenvalue weighted by molar-refractivity contribution is 0.157. The lowest BCUT2D eigenvalue weighted by Crippen LogP contribution is -2.39. The van der Waals surface area contributed by atoms with Crippen molar-refractivity contribution in [1.82, 2.24) is 14.5 Å². The molecule has 0 fully saturated rings. The molecule has 0 saturated heterocycles. The summed E-state index contributed by atoms with van der Waals surface area (Å²) in [6, 6.07) is 0. The van der Waals surface area contributed by atoms with Crippen LogP contribution in [0.3, 0.4) is 0 Å². The molecule has 1 aromatic heterocycles. The van der Waals surface area contributed by atoms with Gasteiger partial charge in [0.05, 0.1) is 6.10 Å². The summed E-state index contributed by atoms with van der Waals surface area (Å²) in [5.74, 6) is 0. The monoisotopic (exact) mass is 409 g/mol. The van der Waals surface area contributed by atoms with E-state index in [9.17, 15) is 14.7 Å². The van der Waals surface area contributed by atoms with Crippen molar-refractivity contribution in [2.75, 3.05) is 13.1 Å². The van der Waals surface area contributed by atoms with Gasteiger partial charge in [-0.2, -0.15) is 0 Å². The Morgan fingerprint density at radius 2 is 1.59 bits per heavy atom. The topological polar surface area (TPSA) is 76.3 Å². The van der Waals surface area contributed by atoms with E-state index in [0.717, 1.165) is 13.0 Å². The first kappa shape index (κ1) is 25.6. The molecule has 29 heavy (non-hydrogen) atoms. The van der Waals surface area contributed by atoms with Crippen LogP contribution in [0.1, 0.15) is 89.5 Å². The Labute approximate surface area is 176 Å². The van der Waals surface area contributed by atoms with Gasteiger partial charge in [-0.3, -0.25) is 9.36 Å². The quantitative estimate of drug-likeness (QED) is 0.386. The third-order valence-electron chi connectivity index (χ3n) is 5.51. The van der Waals surface area contributed by atoms with Crippen molar-refractivity contribution in [2.24, 2.45) is 7.05 Å². The molecule has 1 heterocycles. The molecule has 0 amide bonds. The highest BCUT2D eigenvalue weighted by atomic mass is 16.3. The minimum absolute atomic E-state index is 0.212. The first-order valence-corrected chi connectivity index (χ1v) is 11.6. The highest BCUT2D eigenvalue weighted by molar-refractivity contribution is 5.02. The van der Waals surface area contributed by atoms with Crippen molar-refractivity contribution < 1.29 is 5.11 Å². The molecule has 6 heteroatoms. The van der Waals surface area contributed by atoms with Crippen LogP contribution in [0, 0.1) is 6.92 Å². The second kappa shape index (κ2) is 15.4. The van der Waals surface area contributed by atoms with Gasteiger partial charge in [0.25, 0.3) is 5.56 Å². The smallest absolute Gasteiger partial charge is 0.330 e. The molecule has 0 spiro atoms. The Bertz CT molecular complexity index is 632. The van der Waals surface area contributed by atoms with E-state index >= 15 is 0 Å². The predicted molar refractivity (Wildman–Crippen MR) is 121 cm³/mol. The number of aliphatic hydroxyl groups excluding tert-OH is 1. The number of aromatic nitrogens is 2. The SMILES string of the molecule is CCCCCCCCCCCNCC(O)CCCCn1c(=O)c(C)cn(C)c1=O. The molecule has 1 atom stereocenters. The number of nitrogens with zero attached hydrogens (tertiary/aromatic N) is 2. The van der Waals surface area contributed by atoms with Gasteiger partial charge in [0, 0.05) is 31.9 Å². The van der Waals surface area contributed by atoms with Gasteiger partial charge >= 0.3 is 5.69 Å². The molecule has 6 nitrogen and oxygen atoms in total. The molecule has 1 unspecified atom stereocenters. The van der Waals surface area contributed by atoms with Crippen molar-refractivity contribution >= 4 is 0 Å². The molecule has 168 valence electrons. The number of hydrogen-bond donors (Lipinski definition) is 2. The Kier molecular flexibility index (Phi) is 13.7. The Hall–Kier alpha value is -1.40. The van der Waals surface area contributed by atoms with E-state index in [1.54, 1.807) is 20.2 Å². The average Bonchev–Trinajstić information content (AvgIpc) is 2.70. The lowest BCUT2D eigenvalue weighted by atomic mass is 10.1. The molecular weight excluding hydrogens is 366 g/mol. The zero-order valence-electron chi connectivity index (χ0n) is 18.9. The molecule has 0 bridgehead atoms. The molecule has 1 aromatic rings. The van der Waals surface area contributed by atoms with Gasteiger partial charge in [0.2, 0.25) is 0 Å². The predicted octanol–water partition coefficient (Wildman–Crippen LogP) is 3.51. The molecule has 1 rings (SSSR count). The highest BCUT2D eigenvalue weighted by Crippen LogP contribution is 2.09. The van der Waals surface area contributed by atoms with Crippen LogP contribution in [0.25, 0.3) is 0 Å². The van der Waals surface area contributed by atoms with E-state index in [-0.39, 0.29) is 17.4 Å². The molecule has 0 radical (unpaired) electrons. The average molecular weight is 410 g/mol. The fraction of sp³-hybridized carbons (Fsp3) is 0.826. The summed E-state index contributed by atoms with van der Waals surface area (Å²) in [6.45, 7) is 5.96. The van der Waals surface area contributed by atoms with Crippen molar-refractivity contribution in [3.63, 3.8) is 0 Å². The summed E-state index contributed by atoms with van der Waals surface area (Å²) < 4.78 is 2.74. The molecule has 0 aliphatic rings. The maximum Gasteiger partial charge on any atom is 0.330 e. The second-order valence-corrected chi connectivity index (χ2v) is 8.34. The maximum absolute atomic E-state index is 12.1. The Balaban J connectivity index is 2.03. The highest BCUT2D eigenvalue weighted by Gasteiger charge is 2.08. The zero-order chi connectivity index (χ0) is 21.5. The van der Waals surface area contributed by atoms with E-state index < -0.39 is 0 Å². The molecule has 0 saturated carbocycles. The number of nitrogens with one attached hydrogen (secondary N) is 1. The van der Waals surface area contributed by atoms with E-state index in [1.165, 1.54) is 66.9 Å². The Morgan fingerprint density at radius 1 is 0.966 bits per heavy atom. The van der Waals surface area contributed by atoms with Crippen LogP contribution in [0.2, 0.25) is 0 Å². The minimum Gasteiger partial charge on any atom is -0.392 e. The van der Waals surface area contributed by atoms with Gasteiger partial charge in [-0.1, -0.05) is 58.3 Å². The molecule has 0 aliphatic carbocycles. The van der Waals surface area contributed by atoms with Gasteiger partial charge in [0.15, 0.2) is 0 Å². The van der Waals surface area contributed by atoms with E-state index in [4.69, 9.17) is 0 Å². The maximum atomic E-state index is 12.1. The van der Waals surface area contributed by atoms with E-state index in [1.807, 2.05) is 0 Å². The third-order valence-corrected chi connectivity index (χ3v) is 5.51. The van der Waals surface area contributed by atoms with Crippen molar-refractivity contribution in [3.05, 3.63) is 32.6 Å². The van der Waals surface area contributed by atoms with E-state index in [2.05, 4.69) is 12.2 Å². The first-order valence-electron chi connectivity index (χ1n) is 11.6. The summed E-state index contributed by atoms with van der Waals surface area (Å²) in [7, 11) is 1.66. The second-order valence-electron chi connectivity index (χ2n) is 8.34. The van der Waals surface area contributed by atoms with Gasteiger partial charge in [-0.05, 0) is 39.2 Å². The van der Waals surface area contributed by atoms with Crippen LogP contribution in [0.4, 0.5) is 0 Å². The minimum atomic E-state index is -0.370. The molecule has 2 N–H and O–H groups in total. The molecule has 0 aromatic carbocycles. The van der Waals surface area contributed by atoms with E-state index in [0.29, 0.717) is 31.5 Å². The normalized spacial score (nSPS) is 12.4. The largest absolute Gasteiger partial charge is 0.392 e.